The van der Waals surface area contributed by atoms with Gasteiger partial charge >= 0.3 is 61.7 Å². The van der Waals surface area contributed by atoms with Gasteiger partial charge < -0.3 is 8.37 Å². The van der Waals surface area contributed by atoms with Gasteiger partial charge in [0.1, 0.15) is 0 Å². The molecule has 0 aliphatic heterocycles. The summed E-state index contributed by atoms with van der Waals surface area (Å²) in [5.74, 6) is -2.72. The maximum atomic E-state index is 11.7. The summed E-state index contributed by atoms with van der Waals surface area (Å²) in [5, 5.41) is 0. The van der Waals surface area contributed by atoms with E-state index in [2.05, 4.69) is 8.37 Å². The zero-order valence-electron chi connectivity index (χ0n) is 17.0. The molecule has 0 bridgehead atoms. The summed E-state index contributed by atoms with van der Waals surface area (Å²) in [6, 6.07) is 0. The van der Waals surface area contributed by atoms with Crippen molar-refractivity contribution in [1.82, 2.24) is 0 Å². The molecule has 0 aromatic carbocycles. The molecule has 0 rings (SSSR count). The van der Waals surface area contributed by atoms with Crippen LogP contribution in [-0.2, 0) is 38.2 Å². The third kappa shape index (κ3) is 19.5. The van der Waals surface area contributed by atoms with E-state index < -0.39 is 45.0 Å². The molecule has 0 N–H and O–H groups in total. The summed E-state index contributed by atoms with van der Waals surface area (Å²) in [6.07, 6.45) is 7.08. The molecule has 0 fully saturated rings. The molecule has 168 valence electrons. The van der Waals surface area contributed by atoms with Crippen molar-refractivity contribution in [2.45, 2.75) is 90.9 Å². The normalized spacial score (nSPS) is 11.5. The number of carbonyl (C=O) groups excluding carboxylic acids is 2. The van der Waals surface area contributed by atoms with E-state index in [-0.39, 0.29) is 41.1 Å². The average molecular weight is 467 g/mol. The second kappa shape index (κ2) is 17.5. The Morgan fingerprint density at radius 1 is 0.586 bits per heavy atom. The van der Waals surface area contributed by atoms with E-state index in [1.165, 1.54) is 0 Å². The summed E-state index contributed by atoms with van der Waals surface area (Å²) in [4.78, 5) is 23.2. The first kappa shape index (κ1) is 31.0. The van der Waals surface area contributed by atoms with Gasteiger partial charge in [-0.05, 0) is 12.8 Å². The first-order chi connectivity index (χ1) is 13.1. The van der Waals surface area contributed by atoms with Crippen LogP contribution in [0.3, 0.4) is 0 Å². The molecule has 8 nitrogen and oxygen atoms in total. The fraction of sp³-hybridized carbons (Fsp3) is 0.889. The minimum absolute atomic E-state index is 0. The molecular weight excluding hydrogens is 431 g/mol. The van der Waals surface area contributed by atoms with Gasteiger partial charge in [-0.2, -0.15) is 16.8 Å². The van der Waals surface area contributed by atoms with E-state index in [0.717, 1.165) is 51.4 Å². The number of unbranched alkanes of at least 4 members (excludes halogenated alkanes) is 8. The molecule has 0 saturated heterocycles. The van der Waals surface area contributed by atoms with E-state index in [1.807, 2.05) is 13.8 Å². The summed E-state index contributed by atoms with van der Waals surface area (Å²) in [6.45, 7) is 4.09. The van der Waals surface area contributed by atoms with Crippen LogP contribution >= 0.6 is 0 Å². The molecule has 0 amide bonds. The fourth-order valence-electron chi connectivity index (χ4n) is 2.42. The van der Waals surface area contributed by atoms with E-state index in [4.69, 9.17) is 0 Å². The van der Waals surface area contributed by atoms with Crippen molar-refractivity contribution in [3.8, 4) is 0 Å². The molecule has 0 aliphatic rings. The molecule has 0 spiro atoms. The molecule has 0 saturated carbocycles. The second-order valence-corrected chi connectivity index (χ2v) is 10.1. The predicted molar refractivity (Wildman–Crippen MR) is 114 cm³/mol. The first-order valence-electron chi connectivity index (χ1n) is 10.0. The van der Waals surface area contributed by atoms with E-state index >= 15 is 0 Å². The zero-order valence-corrected chi connectivity index (χ0v) is 18.6. The summed E-state index contributed by atoms with van der Waals surface area (Å²) >= 11 is 0. The molecule has 0 aliphatic carbocycles. The van der Waals surface area contributed by atoms with Gasteiger partial charge in [-0.1, -0.05) is 65.2 Å². The van der Waals surface area contributed by atoms with Gasteiger partial charge in [0, 0.05) is 0 Å². The van der Waals surface area contributed by atoms with Crippen molar-refractivity contribution in [3.05, 3.63) is 0 Å². The topological polar surface area (TPSA) is 121 Å². The Morgan fingerprint density at radius 2 is 0.897 bits per heavy atom. The van der Waals surface area contributed by atoms with Crippen molar-refractivity contribution in [2.24, 2.45) is 0 Å². The van der Waals surface area contributed by atoms with Crippen LogP contribution in [0.1, 0.15) is 90.9 Å². The number of rotatable bonds is 17. The van der Waals surface area contributed by atoms with Crippen LogP contribution in [0.5, 0.6) is 0 Å². The number of carbonyl (C=O) groups is 2. The van der Waals surface area contributed by atoms with Crippen molar-refractivity contribution in [1.29, 1.82) is 0 Å². The van der Waals surface area contributed by atoms with Crippen LogP contribution in [0, 0.1) is 0 Å². The van der Waals surface area contributed by atoms with Gasteiger partial charge in [-0.25, -0.2) is 0 Å². The van der Waals surface area contributed by atoms with Crippen molar-refractivity contribution >= 4 is 61.7 Å². The standard InChI is InChI=1S/C18H34O8S2.Na.H/c1-3-5-7-9-11-15-27(21,22)25-17(19)13-14-18(20)26-28(23,24)16-12-10-8-6-4-2;;/h3-16H2,1-2H3;;. The van der Waals surface area contributed by atoms with Crippen LogP contribution in [0.4, 0.5) is 0 Å². The monoisotopic (exact) mass is 466 g/mol. The van der Waals surface area contributed by atoms with Gasteiger partial charge in [-0.3, -0.25) is 9.59 Å². The molecule has 0 heterocycles. The Hall–Kier alpha value is -0.160. The third-order valence-electron chi connectivity index (χ3n) is 3.97. The van der Waals surface area contributed by atoms with Crippen molar-refractivity contribution < 1.29 is 34.8 Å². The molecule has 0 atom stereocenters. The van der Waals surface area contributed by atoms with Gasteiger partial charge in [0.2, 0.25) is 0 Å². The van der Waals surface area contributed by atoms with E-state index in [1.54, 1.807) is 0 Å². The zero-order chi connectivity index (χ0) is 21.5. The molecule has 0 aromatic rings. The minimum atomic E-state index is -3.99. The number of hydrogen-bond donors (Lipinski definition) is 0. The summed E-state index contributed by atoms with van der Waals surface area (Å²) in [7, 11) is -7.98. The quantitative estimate of drug-likeness (QED) is 0.182. The Labute approximate surface area is 198 Å². The van der Waals surface area contributed by atoms with Crippen LogP contribution in [0.15, 0.2) is 0 Å². The summed E-state index contributed by atoms with van der Waals surface area (Å²) in [5.41, 5.74) is 0. The molecular formula is C18H35NaO8S2. The Morgan fingerprint density at radius 3 is 1.21 bits per heavy atom. The van der Waals surface area contributed by atoms with Gasteiger partial charge in [0.25, 0.3) is 0 Å². The van der Waals surface area contributed by atoms with Gasteiger partial charge in [0.15, 0.2) is 0 Å². The third-order valence-corrected chi connectivity index (χ3v) is 6.43. The molecule has 0 unspecified atom stereocenters. The maximum absolute atomic E-state index is 11.7. The molecule has 29 heavy (non-hydrogen) atoms. The SMILES string of the molecule is CCCCCCCS(=O)(=O)OC(=O)CCC(=O)OS(=O)(=O)CCCCCCC.[NaH]. The van der Waals surface area contributed by atoms with Crippen LogP contribution in [-0.4, -0.2) is 69.8 Å². The van der Waals surface area contributed by atoms with Crippen LogP contribution in [0.25, 0.3) is 0 Å². The predicted octanol–water partition coefficient (Wildman–Crippen LogP) is 2.80. The molecule has 11 heteroatoms. The average Bonchev–Trinajstić information content (AvgIpc) is 2.58. The van der Waals surface area contributed by atoms with Crippen molar-refractivity contribution in [3.63, 3.8) is 0 Å². The Balaban J connectivity index is 0. The molecule has 0 radical (unpaired) electrons. The van der Waals surface area contributed by atoms with E-state index in [0.29, 0.717) is 12.8 Å². The van der Waals surface area contributed by atoms with Crippen LogP contribution < -0.4 is 0 Å². The van der Waals surface area contributed by atoms with Gasteiger partial charge in [-0.15, -0.1) is 0 Å². The van der Waals surface area contributed by atoms with Crippen LogP contribution in [0.2, 0.25) is 0 Å². The Bertz CT molecular complexity index is 601. The van der Waals surface area contributed by atoms with Gasteiger partial charge in [0.05, 0.1) is 24.3 Å². The Kier molecular flexibility index (Phi) is 18.7. The molecule has 0 aromatic heterocycles. The number of hydrogen-bond acceptors (Lipinski definition) is 8. The second-order valence-electron chi connectivity index (χ2n) is 6.76. The fourth-order valence-corrected chi connectivity index (χ4v) is 4.43. The van der Waals surface area contributed by atoms with Crippen molar-refractivity contribution in [2.75, 3.05) is 11.5 Å². The summed E-state index contributed by atoms with van der Waals surface area (Å²) < 4.78 is 55.5. The van der Waals surface area contributed by atoms with E-state index in [9.17, 15) is 26.4 Å². The first-order valence-corrected chi connectivity index (χ1v) is 13.2.